The number of nitrogens with one attached hydrogen (secondary N) is 3. The maximum atomic E-state index is 14.0. The van der Waals surface area contributed by atoms with Gasteiger partial charge in [0.05, 0.1) is 5.70 Å². The standard InChI is InChI=1S/C17H18ClFN6O/c1-22-17(21)15(25-11-4-5-23-16(7-11)24-9-26)8-14(20)12-6-10(18)2-3-13(12)19/h2-9,22H,20-21H2,1H3,(H2,23,24,25,26)/b14-8-,17-15-. The number of carbonyl (C=O) groups is 1. The molecule has 0 aliphatic rings. The van der Waals surface area contributed by atoms with Crippen LogP contribution in [0.1, 0.15) is 5.56 Å². The third-order valence-electron chi connectivity index (χ3n) is 3.34. The number of hydrogen-bond donors (Lipinski definition) is 5. The van der Waals surface area contributed by atoms with Crippen molar-refractivity contribution in [2.75, 3.05) is 17.7 Å². The minimum absolute atomic E-state index is 0.131. The van der Waals surface area contributed by atoms with Crippen LogP contribution >= 0.6 is 11.6 Å². The molecule has 0 radical (unpaired) electrons. The highest BCUT2D eigenvalue weighted by Gasteiger charge is 2.09. The maximum absolute atomic E-state index is 14.0. The Morgan fingerprint density at radius 2 is 2.04 bits per heavy atom. The molecule has 7 nitrogen and oxygen atoms in total. The molecule has 9 heteroatoms. The fourth-order valence-electron chi connectivity index (χ4n) is 2.07. The number of amides is 1. The minimum Gasteiger partial charge on any atom is -0.398 e. The number of benzene rings is 1. The lowest BCUT2D eigenvalue weighted by Crippen LogP contribution is -2.21. The highest BCUT2D eigenvalue weighted by Crippen LogP contribution is 2.22. The fraction of sp³-hybridized carbons (Fsp3) is 0.0588. The van der Waals surface area contributed by atoms with Crippen LogP contribution < -0.4 is 27.4 Å². The van der Waals surface area contributed by atoms with E-state index in [0.29, 0.717) is 28.6 Å². The molecule has 0 aliphatic carbocycles. The smallest absolute Gasteiger partial charge is 0.212 e. The van der Waals surface area contributed by atoms with E-state index in [0.717, 1.165) is 0 Å². The minimum atomic E-state index is -0.507. The lowest BCUT2D eigenvalue weighted by Gasteiger charge is -2.13. The Balaban J connectivity index is 2.38. The van der Waals surface area contributed by atoms with E-state index in [9.17, 15) is 9.18 Å². The first-order valence-corrected chi connectivity index (χ1v) is 7.85. The molecule has 136 valence electrons. The van der Waals surface area contributed by atoms with Gasteiger partial charge in [-0.1, -0.05) is 11.6 Å². The van der Waals surface area contributed by atoms with Crippen LogP contribution in [-0.2, 0) is 4.79 Å². The van der Waals surface area contributed by atoms with E-state index in [1.807, 2.05) is 0 Å². The van der Waals surface area contributed by atoms with Crippen LogP contribution in [0, 0.1) is 5.82 Å². The number of halogens is 2. The zero-order valence-corrected chi connectivity index (χ0v) is 14.6. The Morgan fingerprint density at radius 1 is 1.27 bits per heavy atom. The largest absolute Gasteiger partial charge is 0.398 e. The van der Waals surface area contributed by atoms with Crippen molar-refractivity contribution in [3.05, 3.63) is 70.5 Å². The van der Waals surface area contributed by atoms with Gasteiger partial charge >= 0.3 is 0 Å². The molecule has 0 bridgehead atoms. The van der Waals surface area contributed by atoms with E-state index < -0.39 is 5.82 Å². The van der Waals surface area contributed by atoms with E-state index in [2.05, 4.69) is 20.9 Å². The molecule has 26 heavy (non-hydrogen) atoms. The van der Waals surface area contributed by atoms with Gasteiger partial charge in [0, 0.05) is 41.3 Å². The van der Waals surface area contributed by atoms with Crippen molar-refractivity contribution in [2.45, 2.75) is 0 Å². The number of allylic oxidation sites excluding steroid dienone is 1. The van der Waals surface area contributed by atoms with Gasteiger partial charge in [-0.25, -0.2) is 9.37 Å². The summed E-state index contributed by atoms with van der Waals surface area (Å²) in [6, 6.07) is 7.36. The second kappa shape index (κ2) is 8.72. The van der Waals surface area contributed by atoms with Gasteiger partial charge in [0.2, 0.25) is 6.41 Å². The molecule has 0 unspecified atom stereocenters. The van der Waals surface area contributed by atoms with E-state index >= 15 is 0 Å². The highest BCUT2D eigenvalue weighted by molar-refractivity contribution is 6.30. The van der Waals surface area contributed by atoms with Gasteiger partial charge in [-0.05, 0) is 30.3 Å². The molecular weight excluding hydrogens is 359 g/mol. The Bertz CT molecular complexity index is 868. The number of nitrogens with two attached hydrogens (primary N) is 2. The van der Waals surface area contributed by atoms with Crippen LogP contribution in [0.2, 0.25) is 5.02 Å². The second-order valence-electron chi connectivity index (χ2n) is 5.12. The van der Waals surface area contributed by atoms with Gasteiger partial charge < -0.3 is 27.4 Å². The predicted molar refractivity (Wildman–Crippen MR) is 101 cm³/mol. The van der Waals surface area contributed by atoms with E-state index in [-0.39, 0.29) is 17.1 Å². The first kappa shape index (κ1) is 19.1. The summed E-state index contributed by atoms with van der Waals surface area (Å²) >= 11 is 5.91. The predicted octanol–water partition coefficient (Wildman–Crippen LogP) is 2.20. The molecule has 0 fully saturated rings. The normalized spacial score (nSPS) is 12.2. The van der Waals surface area contributed by atoms with Crippen molar-refractivity contribution in [1.29, 1.82) is 0 Å². The van der Waals surface area contributed by atoms with Crippen LogP contribution in [0.15, 0.2) is 54.1 Å². The molecule has 0 aliphatic heterocycles. The molecule has 1 amide bonds. The molecule has 0 atom stereocenters. The molecule has 0 saturated carbocycles. The summed E-state index contributed by atoms with van der Waals surface area (Å²) < 4.78 is 14.0. The van der Waals surface area contributed by atoms with Crippen LogP contribution in [-0.4, -0.2) is 18.4 Å². The summed E-state index contributed by atoms with van der Waals surface area (Å²) in [5.41, 5.74) is 13.2. The van der Waals surface area contributed by atoms with E-state index in [4.69, 9.17) is 23.1 Å². The van der Waals surface area contributed by atoms with E-state index in [1.165, 1.54) is 30.5 Å². The molecule has 0 saturated heterocycles. The monoisotopic (exact) mass is 376 g/mol. The number of carbonyl (C=O) groups excluding carboxylic acids is 1. The summed E-state index contributed by atoms with van der Waals surface area (Å²) in [5, 5.41) is 8.65. The van der Waals surface area contributed by atoms with Gasteiger partial charge in [-0.3, -0.25) is 4.79 Å². The number of pyridine rings is 1. The Morgan fingerprint density at radius 3 is 2.73 bits per heavy atom. The second-order valence-corrected chi connectivity index (χ2v) is 5.55. The number of aromatic nitrogens is 1. The summed E-state index contributed by atoms with van der Waals surface area (Å²) in [6.45, 7) is 0. The Labute approximate surface area is 154 Å². The fourth-order valence-corrected chi connectivity index (χ4v) is 2.24. The van der Waals surface area contributed by atoms with Gasteiger partial charge in [-0.15, -0.1) is 0 Å². The average molecular weight is 377 g/mol. The molecule has 0 spiro atoms. The molecule has 7 N–H and O–H groups in total. The zero-order valence-electron chi connectivity index (χ0n) is 13.9. The average Bonchev–Trinajstić information content (AvgIpc) is 2.63. The number of nitrogens with zero attached hydrogens (tertiary/aromatic N) is 1. The number of rotatable bonds is 7. The molecule has 1 aromatic carbocycles. The summed E-state index contributed by atoms with van der Waals surface area (Å²) in [4.78, 5) is 14.5. The topological polar surface area (TPSA) is 118 Å². The van der Waals surface area contributed by atoms with Crippen molar-refractivity contribution >= 4 is 35.2 Å². The number of anilines is 2. The molecule has 2 rings (SSSR count). The molecule has 1 heterocycles. The van der Waals surface area contributed by atoms with Gasteiger partial charge in [0.25, 0.3) is 0 Å². The highest BCUT2D eigenvalue weighted by atomic mass is 35.5. The summed E-state index contributed by atoms with van der Waals surface area (Å²) in [5.74, 6) is 0.120. The van der Waals surface area contributed by atoms with Gasteiger partial charge in [0.1, 0.15) is 17.5 Å². The number of hydrogen-bond acceptors (Lipinski definition) is 6. The zero-order chi connectivity index (χ0) is 19.1. The lowest BCUT2D eigenvalue weighted by molar-refractivity contribution is -0.105. The summed E-state index contributed by atoms with van der Waals surface area (Å²) in [6.07, 6.45) is 3.50. The molecule has 1 aromatic heterocycles. The maximum Gasteiger partial charge on any atom is 0.212 e. The Hall–Kier alpha value is -3.26. The van der Waals surface area contributed by atoms with Gasteiger partial charge in [-0.2, -0.15) is 0 Å². The molecular formula is C17H18ClFN6O. The van der Waals surface area contributed by atoms with Crippen molar-refractivity contribution in [1.82, 2.24) is 10.3 Å². The van der Waals surface area contributed by atoms with Crippen LogP contribution in [0.3, 0.4) is 0 Å². The third-order valence-corrected chi connectivity index (χ3v) is 3.58. The third kappa shape index (κ3) is 4.87. The van der Waals surface area contributed by atoms with E-state index in [1.54, 1.807) is 19.2 Å². The quantitative estimate of drug-likeness (QED) is 0.373. The SMILES string of the molecule is CN/C(N)=C(/C=C(\N)c1cc(Cl)ccc1F)Nc1ccnc(NC=O)c1. The van der Waals surface area contributed by atoms with Crippen molar-refractivity contribution in [2.24, 2.45) is 11.5 Å². The van der Waals surface area contributed by atoms with Gasteiger partial charge in [0.15, 0.2) is 0 Å². The van der Waals surface area contributed by atoms with Crippen molar-refractivity contribution in [3.8, 4) is 0 Å². The van der Waals surface area contributed by atoms with Crippen LogP contribution in [0.5, 0.6) is 0 Å². The summed E-state index contributed by atoms with van der Waals surface area (Å²) in [7, 11) is 1.63. The molecule has 2 aromatic rings. The lowest BCUT2D eigenvalue weighted by atomic mass is 10.1. The first-order valence-electron chi connectivity index (χ1n) is 7.48. The first-order chi connectivity index (χ1) is 12.4. The van der Waals surface area contributed by atoms with Crippen molar-refractivity contribution < 1.29 is 9.18 Å². The Kier molecular flexibility index (Phi) is 6.40. The van der Waals surface area contributed by atoms with Crippen LogP contribution in [0.4, 0.5) is 15.9 Å². The van der Waals surface area contributed by atoms with Crippen LogP contribution in [0.25, 0.3) is 5.70 Å². The van der Waals surface area contributed by atoms with Crippen molar-refractivity contribution in [3.63, 3.8) is 0 Å².